The molecule has 0 radical (unpaired) electrons. The normalized spacial score (nSPS) is 19.0. The molecule has 6 nitrogen and oxygen atoms in total. The third-order valence-corrected chi connectivity index (χ3v) is 6.24. The first-order valence-electron chi connectivity index (χ1n) is 11.0. The van der Waals surface area contributed by atoms with Gasteiger partial charge in [0.05, 0.1) is 12.8 Å². The predicted octanol–water partition coefficient (Wildman–Crippen LogP) is 3.68. The first-order chi connectivity index (χ1) is 15.2. The number of rotatable bonds is 5. The quantitative estimate of drug-likeness (QED) is 0.348. The van der Waals surface area contributed by atoms with Crippen LogP contribution < -0.4 is 19.9 Å². The molecule has 4 rings (SSSR count). The van der Waals surface area contributed by atoms with E-state index in [-0.39, 0.29) is 29.8 Å². The summed E-state index contributed by atoms with van der Waals surface area (Å²) in [6, 6.07) is 15.0. The number of nitrogens with zero attached hydrogens (tertiary/aromatic N) is 4. The largest absolute Gasteiger partial charge is 0.495 e. The van der Waals surface area contributed by atoms with Gasteiger partial charge in [-0.25, -0.2) is 4.39 Å². The molecule has 0 saturated carbocycles. The average Bonchev–Trinajstić information content (AvgIpc) is 3.29. The van der Waals surface area contributed by atoms with Crippen LogP contribution in [-0.4, -0.2) is 70.8 Å². The van der Waals surface area contributed by atoms with Gasteiger partial charge in [0.25, 0.3) is 0 Å². The summed E-state index contributed by atoms with van der Waals surface area (Å²) in [5, 5.41) is 3.59. The van der Waals surface area contributed by atoms with Gasteiger partial charge in [0.15, 0.2) is 5.96 Å². The topological polar surface area (TPSA) is 43.3 Å². The standard InChI is InChI=1S/C24H32FN5O.HI/c1-26-24(29-15-13-28(14-16-29)21-9-7-20(25)8-10-21)27-17-19-11-12-30(18-19)22-5-3-4-6-23(22)31-2;/h3-10,19H,11-18H2,1-2H3,(H,26,27);1H. The summed E-state index contributed by atoms with van der Waals surface area (Å²) in [5.41, 5.74) is 2.25. The Labute approximate surface area is 207 Å². The number of para-hydroxylation sites is 2. The molecule has 2 aliphatic rings. The molecule has 0 bridgehead atoms. The zero-order valence-corrected chi connectivity index (χ0v) is 21.2. The van der Waals surface area contributed by atoms with Gasteiger partial charge in [0, 0.05) is 58.5 Å². The maximum absolute atomic E-state index is 13.2. The highest BCUT2D eigenvalue weighted by Gasteiger charge is 2.26. The summed E-state index contributed by atoms with van der Waals surface area (Å²) in [6.45, 7) is 6.57. The second-order valence-corrected chi connectivity index (χ2v) is 8.15. The van der Waals surface area contributed by atoms with Gasteiger partial charge in [-0.3, -0.25) is 4.99 Å². The van der Waals surface area contributed by atoms with Crippen LogP contribution in [0.1, 0.15) is 6.42 Å². The van der Waals surface area contributed by atoms with Gasteiger partial charge < -0.3 is 24.8 Å². The third-order valence-electron chi connectivity index (χ3n) is 6.24. The van der Waals surface area contributed by atoms with Crippen molar-refractivity contribution in [3.63, 3.8) is 0 Å². The summed E-state index contributed by atoms with van der Waals surface area (Å²) < 4.78 is 18.7. The molecular weight excluding hydrogens is 520 g/mol. The highest BCUT2D eigenvalue weighted by molar-refractivity contribution is 14.0. The molecule has 2 aromatic rings. The maximum atomic E-state index is 13.2. The van der Waals surface area contributed by atoms with E-state index in [9.17, 15) is 4.39 Å². The minimum Gasteiger partial charge on any atom is -0.495 e. The SMILES string of the molecule is CN=C(NCC1CCN(c2ccccc2OC)C1)N1CCN(c2ccc(F)cc2)CC1.I. The Morgan fingerprint density at radius 2 is 1.75 bits per heavy atom. The van der Waals surface area contributed by atoms with Crippen LogP contribution in [-0.2, 0) is 0 Å². The van der Waals surface area contributed by atoms with Crippen LogP contribution in [0.5, 0.6) is 5.75 Å². The van der Waals surface area contributed by atoms with Gasteiger partial charge in [-0.05, 0) is 48.7 Å². The summed E-state index contributed by atoms with van der Waals surface area (Å²) >= 11 is 0. The molecule has 2 saturated heterocycles. The summed E-state index contributed by atoms with van der Waals surface area (Å²) in [6.07, 6.45) is 1.15. The van der Waals surface area contributed by atoms with Crippen LogP contribution in [0.4, 0.5) is 15.8 Å². The van der Waals surface area contributed by atoms with Crippen molar-refractivity contribution in [2.45, 2.75) is 6.42 Å². The van der Waals surface area contributed by atoms with E-state index in [0.29, 0.717) is 5.92 Å². The highest BCUT2D eigenvalue weighted by Crippen LogP contribution is 2.31. The molecule has 8 heteroatoms. The van der Waals surface area contributed by atoms with E-state index < -0.39 is 0 Å². The number of methoxy groups -OCH3 is 1. The van der Waals surface area contributed by atoms with Crippen molar-refractivity contribution < 1.29 is 9.13 Å². The van der Waals surface area contributed by atoms with E-state index in [1.807, 2.05) is 31.3 Å². The number of benzene rings is 2. The van der Waals surface area contributed by atoms with Gasteiger partial charge >= 0.3 is 0 Å². The number of anilines is 2. The summed E-state index contributed by atoms with van der Waals surface area (Å²) in [5.74, 6) is 2.28. The van der Waals surface area contributed by atoms with Crippen molar-refractivity contribution >= 4 is 41.3 Å². The Balaban J connectivity index is 0.00000289. The maximum Gasteiger partial charge on any atom is 0.193 e. The number of halogens is 2. The van der Waals surface area contributed by atoms with Crippen molar-refractivity contribution in [1.82, 2.24) is 10.2 Å². The van der Waals surface area contributed by atoms with E-state index in [2.05, 4.69) is 37.1 Å². The molecule has 2 aliphatic heterocycles. The van der Waals surface area contributed by atoms with Crippen molar-refractivity contribution in [2.75, 3.05) is 69.8 Å². The molecule has 2 heterocycles. The van der Waals surface area contributed by atoms with E-state index in [0.717, 1.165) is 69.6 Å². The Morgan fingerprint density at radius 3 is 2.44 bits per heavy atom. The fraction of sp³-hybridized carbons (Fsp3) is 0.458. The lowest BCUT2D eigenvalue weighted by Gasteiger charge is -2.38. The minimum atomic E-state index is -0.192. The number of aliphatic imine (C=N–C) groups is 1. The first kappa shape index (κ1) is 24.4. The Kier molecular flexibility index (Phi) is 8.84. The van der Waals surface area contributed by atoms with Crippen LogP contribution in [0.3, 0.4) is 0 Å². The molecule has 0 spiro atoms. The van der Waals surface area contributed by atoms with Crippen LogP contribution in [0.2, 0.25) is 0 Å². The lowest BCUT2D eigenvalue weighted by Crippen LogP contribution is -2.53. The predicted molar refractivity (Wildman–Crippen MR) is 140 cm³/mol. The lowest BCUT2D eigenvalue weighted by atomic mass is 10.1. The molecule has 1 N–H and O–H groups in total. The number of hydrogen-bond acceptors (Lipinski definition) is 4. The zero-order valence-electron chi connectivity index (χ0n) is 18.8. The van der Waals surface area contributed by atoms with Crippen LogP contribution in [0.25, 0.3) is 0 Å². The van der Waals surface area contributed by atoms with Crippen LogP contribution >= 0.6 is 24.0 Å². The molecule has 174 valence electrons. The van der Waals surface area contributed by atoms with Gasteiger partial charge in [0.2, 0.25) is 0 Å². The molecule has 32 heavy (non-hydrogen) atoms. The lowest BCUT2D eigenvalue weighted by molar-refractivity contribution is 0.369. The fourth-order valence-corrected chi connectivity index (χ4v) is 4.51. The molecule has 1 unspecified atom stereocenters. The Hall–Kier alpha value is -2.23. The average molecular weight is 553 g/mol. The van der Waals surface area contributed by atoms with Crippen molar-refractivity contribution in [3.05, 3.63) is 54.3 Å². The van der Waals surface area contributed by atoms with E-state index in [1.54, 1.807) is 7.11 Å². The second-order valence-electron chi connectivity index (χ2n) is 8.15. The van der Waals surface area contributed by atoms with Gasteiger partial charge in [0.1, 0.15) is 11.6 Å². The molecular formula is C24H33FIN5O. The number of hydrogen-bond donors (Lipinski definition) is 1. The molecule has 2 fully saturated rings. The summed E-state index contributed by atoms with van der Waals surface area (Å²) in [4.78, 5) is 11.5. The second kappa shape index (κ2) is 11.6. The molecule has 0 aliphatic carbocycles. The number of ether oxygens (including phenoxy) is 1. The monoisotopic (exact) mass is 553 g/mol. The van der Waals surface area contributed by atoms with E-state index >= 15 is 0 Å². The van der Waals surface area contributed by atoms with Crippen molar-refractivity contribution in [3.8, 4) is 5.75 Å². The van der Waals surface area contributed by atoms with Crippen LogP contribution in [0.15, 0.2) is 53.5 Å². The zero-order chi connectivity index (χ0) is 21.6. The van der Waals surface area contributed by atoms with Crippen LogP contribution in [0, 0.1) is 11.7 Å². The van der Waals surface area contributed by atoms with Crippen molar-refractivity contribution in [2.24, 2.45) is 10.9 Å². The highest BCUT2D eigenvalue weighted by atomic mass is 127. The Morgan fingerprint density at radius 1 is 1.03 bits per heavy atom. The minimum absolute atomic E-state index is 0. The smallest absolute Gasteiger partial charge is 0.193 e. The Bertz CT molecular complexity index is 886. The van der Waals surface area contributed by atoms with Crippen molar-refractivity contribution in [1.29, 1.82) is 0 Å². The van der Waals surface area contributed by atoms with E-state index in [4.69, 9.17) is 4.74 Å². The summed E-state index contributed by atoms with van der Waals surface area (Å²) in [7, 11) is 3.58. The number of nitrogens with one attached hydrogen (secondary N) is 1. The van der Waals surface area contributed by atoms with Gasteiger partial charge in [-0.2, -0.15) is 0 Å². The molecule has 1 atom stereocenters. The third kappa shape index (κ3) is 5.76. The number of piperazine rings is 1. The molecule has 0 amide bonds. The van der Waals surface area contributed by atoms with Gasteiger partial charge in [-0.1, -0.05) is 12.1 Å². The van der Waals surface area contributed by atoms with E-state index in [1.165, 1.54) is 17.8 Å². The molecule has 2 aromatic carbocycles. The number of guanidine groups is 1. The fourth-order valence-electron chi connectivity index (χ4n) is 4.51. The first-order valence-corrected chi connectivity index (χ1v) is 11.0. The van der Waals surface area contributed by atoms with Gasteiger partial charge in [-0.15, -0.1) is 24.0 Å². The molecule has 0 aromatic heterocycles.